The fourth-order valence-corrected chi connectivity index (χ4v) is 3.23. The second-order valence-corrected chi connectivity index (χ2v) is 5.40. The zero-order valence-electron chi connectivity index (χ0n) is 10.4. The topological polar surface area (TPSA) is 40.5 Å². The maximum atomic E-state index is 13.6. The van der Waals surface area contributed by atoms with Gasteiger partial charge in [-0.25, -0.2) is 8.78 Å². The molecule has 1 heterocycles. The molecule has 1 aliphatic carbocycles. The van der Waals surface area contributed by atoms with Crippen molar-refractivity contribution in [1.82, 2.24) is 4.90 Å². The first-order valence-electron chi connectivity index (χ1n) is 6.48. The smallest absolute Gasteiger partial charge is 0.256 e. The van der Waals surface area contributed by atoms with E-state index >= 15 is 0 Å². The minimum atomic E-state index is -0.705. The first kappa shape index (κ1) is 12.5. The van der Waals surface area contributed by atoms with Gasteiger partial charge in [-0.1, -0.05) is 0 Å². The Kier molecular flexibility index (Phi) is 3.01. The molecule has 1 amide bonds. The molecule has 102 valence electrons. The molecule has 19 heavy (non-hydrogen) atoms. The van der Waals surface area contributed by atoms with Gasteiger partial charge in [-0.2, -0.15) is 0 Å². The highest BCUT2D eigenvalue weighted by Gasteiger charge is 2.43. The highest BCUT2D eigenvalue weighted by molar-refractivity contribution is 5.94. The minimum Gasteiger partial charge on any atom is -0.393 e. The van der Waals surface area contributed by atoms with Crippen LogP contribution in [0.1, 0.15) is 23.2 Å². The molecular weight excluding hydrogens is 252 g/mol. The number of hydrogen-bond donors (Lipinski definition) is 1. The van der Waals surface area contributed by atoms with Crippen LogP contribution in [0.2, 0.25) is 0 Å². The van der Waals surface area contributed by atoms with Crippen LogP contribution >= 0.6 is 0 Å². The Balaban J connectivity index is 1.80. The molecule has 0 aromatic heterocycles. The van der Waals surface area contributed by atoms with Crippen molar-refractivity contribution in [2.75, 3.05) is 13.1 Å². The molecule has 0 spiro atoms. The quantitative estimate of drug-likeness (QED) is 0.843. The average molecular weight is 267 g/mol. The third-order valence-electron chi connectivity index (χ3n) is 4.27. The Morgan fingerprint density at radius 3 is 2.79 bits per heavy atom. The average Bonchev–Trinajstić information content (AvgIpc) is 2.94. The van der Waals surface area contributed by atoms with Crippen LogP contribution in [0.3, 0.4) is 0 Å². The van der Waals surface area contributed by atoms with Crippen LogP contribution in [0.15, 0.2) is 18.2 Å². The number of likely N-dealkylation sites (tertiary alicyclic amines) is 1. The van der Waals surface area contributed by atoms with E-state index in [-0.39, 0.29) is 23.5 Å². The van der Waals surface area contributed by atoms with Gasteiger partial charge in [0.05, 0.1) is 11.7 Å². The number of aliphatic hydroxyl groups is 1. The van der Waals surface area contributed by atoms with Gasteiger partial charge in [-0.15, -0.1) is 0 Å². The third-order valence-corrected chi connectivity index (χ3v) is 4.27. The molecular formula is C14H15F2NO2. The van der Waals surface area contributed by atoms with Gasteiger partial charge >= 0.3 is 0 Å². The van der Waals surface area contributed by atoms with Crippen molar-refractivity contribution in [3.63, 3.8) is 0 Å². The molecule has 1 saturated heterocycles. The SMILES string of the molecule is O=C(c1cc(F)ccc1F)N1CC2CCC(O)C2C1. The Morgan fingerprint density at radius 1 is 1.26 bits per heavy atom. The fraction of sp³-hybridized carbons (Fsp3) is 0.500. The van der Waals surface area contributed by atoms with Crippen molar-refractivity contribution < 1.29 is 18.7 Å². The number of rotatable bonds is 1. The van der Waals surface area contributed by atoms with Crippen molar-refractivity contribution >= 4 is 5.91 Å². The number of fused-ring (bicyclic) bond motifs is 1. The van der Waals surface area contributed by atoms with Crippen LogP contribution < -0.4 is 0 Å². The van der Waals surface area contributed by atoms with Crippen molar-refractivity contribution in [1.29, 1.82) is 0 Å². The van der Waals surface area contributed by atoms with Gasteiger partial charge in [0.15, 0.2) is 0 Å². The lowest BCUT2D eigenvalue weighted by molar-refractivity contribution is 0.0747. The van der Waals surface area contributed by atoms with E-state index in [9.17, 15) is 18.7 Å². The summed E-state index contributed by atoms with van der Waals surface area (Å²) < 4.78 is 26.7. The molecule has 0 radical (unpaired) electrons. The van der Waals surface area contributed by atoms with E-state index in [4.69, 9.17) is 0 Å². The standard InChI is InChI=1S/C14H15F2NO2/c15-9-2-3-12(16)10(5-9)14(19)17-6-8-1-4-13(18)11(8)7-17/h2-3,5,8,11,13,18H,1,4,6-7H2. The van der Waals surface area contributed by atoms with Crippen LogP contribution in [0.5, 0.6) is 0 Å². The van der Waals surface area contributed by atoms with Gasteiger partial charge < -0.3 is 10.0 Å². The van der Waals surface area contributed by atoms with Gasteiger partial charge in [0.1, 0.15) is 11.6 Å². The Hall–Kier alpha value is -1.49. The van der Waals surface area contributed by atoms with E-state index < -0.39 is 17.5 Å². The molecule has 1 aromatic carbocycles. The molecule has 1 N–H and O–H groups in total. The number of nitrogens with zero attached hydrogens (tertiary/aromatic N) is 1. The summed E-state index contributed by atoms with van der Waals surface area (Å²) in [5, 5.41) is 9.80. The number of aliphatic hydroxyl groups excluding tert-OH is 1. The number of benzene rings is 1. The summed E-state index contributed by atoms with van der Waals surface area (Å²) >= 11 is 0. The van der Waals surface area contributed by atoms with E-state index in [1.165, 1.54) is 4.90 Å². The lowest BCUT2D eigenvalue weighted by atomic mass is 10.00. The maximum Gasteiger partial charge on any atom is 0.256 e. The molecule has 3 rings (SSSR count). The highest BCUT2D eigenvalue weighted by atomic mass is 19.1. The molecule has 3 nitrogen and oxygen atoms in total. The minimum absolute atomic E-state index is 0.0839. The third kappa shape index (κ3) is 2.12. The molecule has 3 atom stereocenters. The zero-order valence-corrected chi connectivity index (χ0v) is 10.4. The summed E-state index contributed by atoms with van der Waals surface area (Å²) in [6.45, 7) is 0.955. The van der Waals surface area contributed by atoms with Gasteiger partial charge in [0.25, 0.3) is 5.91 Å². The van der Waals surface area contributed by atoms with Crippen molar-refractivity contribution in [3.05, 3.63) is 35.4 Å². The summed E-state index contributed by atoms with van der Waals surface area (Å²) in [5.74, 6) is -1.44. The Morgan fingerprint density at radius 2 is 2.05 bits per heavy atom. The number of amides is 1. The molecule has 1 aromatic rings. The van der Waals surface area contributed by atoms with Crippen LogP contribution in [0.25, 0.3) is 0 Å². The number of carbonyl (C=O) groups excluding carboxylic acids is 1. The van der Waals surface area contributed by atoms with E-state index in [2.05, 4.69) is 0 Å². The van der Waals surface area contributed by atoms with Crippen molar-refractivity contribution in [3.8, 4) is 0 Å². The number of halogens is 2. The zero-order chi connectivity index (χ0) is 13.6. The van der Waals surface area contributed by atoms with Gasteiger partial charge in [-0.3, -0.25) is 4.79 Å². The van der Waals surface area contributed by atoms with Crippen LogP contribution in [0.4, 0.5) is 8.78 Å². The molecule has 5 heteroatoms. The predicted molar refractivity (Wildman–Crippen MR) is 64.5 cm³/mol. The van der Waals surface area contributed by atoms with Gasteiger partial charge in [0.2, 0.25) is 0 Å². The normalized spacial score (nSPS) is 29.6. The van der Waals surface area contributed by atoms with E-state index in [1.807, 2.05) is 0 Å². The Labute approximate surface area is 109 Å². The molecule has 3 unspecified atom stereocenters. The lowest BCUT2D eigenvalue weighted by Crippen LogP contribution is -2.31. The first-order chi connectivity index (χ1) is 9.06. The highest BCUT2D eigenvalue weighted by Crippen LogP contribution is 2.38. The van der Waals surface area contributed by atoms with Crippen LogP contribution in [-0.2, 0) is 0 Å². The van der Waals surface area contributed by atoms with E-state index in [1.54, 1.807) is 0 Å². The largest absolute Gasteiger partial charge is 0.393 e. The molecule has 1 saturated carbocycles. The second-order valence-electron chi connectivity index (χ2n) is 5.40. The summed E-state index contributed by atoms with van der Waals surface area (Å²) in [4.78, 5) is 13.7. The summed E-state index contributed by atoms with van der Waals surface area (Å²) in [7, 11) is 0. The Bertz CT molecular complexity index is 520. The van der Waals surface area contributed by atoms with Crippen LogP contribution in [-0.4, -0.2) is 35.1 Å². The summed E-state index contributed by atoms with van der Waals surface area (Å²) in [6.07, 6.45) is 1.28. The van der Waals surface area contributed by atoms with E-state index in [0.29, 0.717) is 13.1 Å². The molecule has 2 fully saturated rings. The summed E-state index contributed by atoms with van der Waals surface area (Å²) in [6, 6.07) is 2.89. The molecule has 1 aliphatic heterocycles. The van der Waals surface area contributed by atoms with Gasteiger partial charge in [0, 0.05) is 19.0 Å². The fourth-order valence-electron chi connectivity index (χ4n) is 3.23. The van der Waals surface area contributed by atoms with Gasteiger partial charge in [-0.05, 0) is 37.0 Å². The van der Waals surface area contributed by atoms with Crippen molar-refractivity contribution in [2.24, 2.45) is 11.8 Å². The predicted octanol–water partition coefficient (Wildman–Crippen LogP) is 1.81. The molecule has 2 aliphatic rings. The summed E-state index contributed by atoms with van der Waals surface area (Å²) in [5.41, 5.74) is -0.227. The number of carbonyl (C=O) groups is 1. The number of hydrogen-bond acceptors (Lipinski definition) is 2. The van der Waals surface area contributed by atoms with Crippen molar-refractivity contribution in [2.45, 2.75) is 18.9 Å². The molecule has 0 bridgehead atoms. The lowest BCUT2D eigenvalue weighted by Gasteiger charge is -2.18. The maximum absolute atomic E-state index is 13.6. The van der Waals surface area contributed by atoms with Crippen LogP contribution in [0, 0.1) is 23.5 Å². The van der Waals surface area contributed by atoms with E-state index in [0.717, 1.165) is 31.0 Å². The first-order valence-corrected chi connectivity index (χ1v) is 6.48. The second kappa shape index (κ2) is 4.56. The monoisotopic (exact) mass is 267 g/mol.